The highest BCUT2D eigenvalue weighted by Gasteiger charge is 2.61. The molecule has 38 heavy (non-hydrogen) atoms. The summed E-state index contributed by atoms with van der Waals surface area (Å²) in [4.78, 5) is 12.3. The second kappa shape index (κ2) is 10.2. The van der Waals surface area contributed by atoms with Crippen LogP contribution >= 0.6 is 0 Å². The minimum Gasteiger partial charge on any atom is -0.467 e. The number of esters is 1. The number of benzene rings is 1. The fraction of sp³-hybridized carbons (Fsp3) is 0.640. The van der Waals surface area contributed by atoms with Crippen LogP contribution in [0, 0.1) is 17.5 Å². The van der Waals surface area contributed by atoms with Crippen molar-refractivity contribution in [3.8, 4) is 11.3 Å². The zero-order valence-electron chi connectivity index (χ0n) is 21.5. The Balaban J connectivity index is 1.60. The maximum atomic E-state index is 13.9. The zero-order chi connectivity index (χ0) is 27.2. The molecule has 2 aromatic rings. The molecular formula is C25H30F3N3O7. The molecule has 13 heteroatoms. The standard InChI is InChI=1S/C25H30F3N3O7/c1-13(23(32)33-4)36-22-20(31-11-17(29-30-31)14-9-15(26)19(28)16(27)10-14)21-18(12-35-24(2,3)38-21)37-25(22)7-5-6-8-34-25/h9-11,13,18,20-22H,5-8,12H2,1-4H3/t13?,18-,20+,21+,22-,25+/m1/s1. The molecule has 1 aromatic heterocycles. The molecule has 0 bridgehead atoms. The molecule has 0 N–H and O–H groups in total. The van der Waals surface area contributed by atoms with Gasteiger partial charge in [-0.3, -0.25) is 0 Å². The Labute approximate surface area is 217 Å². The molecule has 10 nitrogen and oxygen atoms in total. The van der Waals surface area contributed by atoms with Crippen molar-refractivity contribution in [2.75, 3.05) is 20.3 Å². The lowest BCUT2D eigenvalue weighted by Gasteiger charge is -2.56. The van der Waals surface area contributed by atoms with Gasteiger partial charge in [0.2, 0.25) is 0 Å². The molecule has 3 aliphatic rings. The lowest BCUT2D eigenvalue weighted by molar-refractivity contribution is -0.418. The number of methoxy groups -OCH3 is 1. The van der Waals surface area contributed by atoms with E-state index in [1.165, 1.54) is 18.0 Å². The van der Waals surface area contributed by atoms with Crippen LogP contribution in [0.5, 0.6) is 0 Å². The Morgan fingerprint density at radius 1 is 1.16 bits per heavy atom. The quantitative estimate of drug-likeness (QED) is 0.417. The van der Waals surface area contributed by atoms with Gasteiger partial charge in [-0.2, -0.15) is 0 Å². The minimum atomic E-state index is -1.58. The largest absolute Gasteiger partial charge is 0.467 e. The van der Waals surface area contributed by atoms with Gasteiger partial charge in [0.1, 0.15) is 30.0 Å². The lowest BCUT2D eigenvalue weighted by atomic mass is 9.85. The Kier molecular flexibility index (Phi) is 7.24. The maximum absolute atomic E-state index is 13.9. The van der Waals surface area contributed by atoms with E-state index in [1.807, 2.05) is 0 Å². The number of carbonyl (C=O) groups excluding carboxylic acids is 1. The summed E-state index contributed by atoms with van der Waals surface area (Å²) < 4.78 is 78.9. The van der Waals surface area contributed by atoms with E-state index >= 15 is 0 Å². The van der Waals surface area contributed by atoms with E-state index < -0.39 is 65.5 Å². The van der Waals surface area contributed by atoms with Crippen LogP contribution in [0.3, 0.4) is 0 Å². The van der Waals surface area contributed by atoms with Gasteiger partial charge in [0.15, 0.2) is 35.1 Å². The third kappa shape index (κ3) is 4.93. The summed E-state index contributed by atoms with van der Waals surface area (Å²) in [6.45, 7) is 5.66. The maximum Gasteiger partial charge on any atom is 0.334 e. The highest BCUT2D eigenvalue weighted by molar-refractivity contribution is 5.74. The van der Waals surface area contributed by atoms with Crippen molar-refractivity contribution in [1.29, 1.82) is 0 Å². The smallest absolute Gasteiger partial charge is 0.334 e. The molecule has 1 aromatic carbocycles. The van der Waals surface area contributed by atoms with Crippen molar-refractivity contribution in [3.63, 3.8) is 0 Å². The van der Waals surface area contributed by atoms with Crippen molar-refractivity contribution in [2.45, 2.75) is 82.1 Å². The minimum absolute atomic E-state index is 0.00601. The summed E-state index contributed by atoms with van der Waals surface area (Å²) in [6.07, 6.45) is 0.313. The second-order valence-electron chi connectivity index (χ2n) is 10.1. The molecule has 0 amide bonds. The SMILES string of the molecule is COC(=O)C(C)O[C@@H]1[C@@H](n2cc(-c3cc(F)c(F)c(F)c3)nn2)[C@H]2OC(C)(C)OC[C@H]2O[C@@]12CCCCO2. The molecule has 0 radical (unpaired) electrons. The van der Waals surface area contributed by atoms with Crippen LogP contribution in [-0.2, 0) is 33.2 Å². The van der Waals surface area contributed by atoms with E-state index in [2.05, 4.69) is 10.3 Å². The number of halogens is 3. The van der Waals surface area contributed by atoms with Crippen LogP contribution in [0.25, 0.3) is 11.3 Å². The molecule has 5 rings (SSSR count). The summed E-state index contributed by atoms with van der Waals surface area (Å²) in [7, 11) is 1.26. The average Bonchev–Trinajstić information content (AvgIpc) is 3.37. The molecule has 6 atom stereocenters. The topological polar surface area (TPSA) is 103 Å². The van der Waals surface area contributed by atoms with E-state index in [-0.39, 0.29) is 17.9 Å². The molecule has 4 heterocycles. The Bertz CT molecular complexity index is 1160. The van der Waals surface area contributed by atoms with Crippen LogP contribution < -0.4 is 0 Å². The van der Waals surface area contributed by atoms with Gasteiger partial charge in [0.25, 0.3) is 0 Å². The van der Waals surface area contributed by atoms with Gasteiger partial charge in [-0.1, -0.05) is 5.21 Å². The van der Waals surface area contributed by atoms with Crippen molar-refractivity contribution >= 4 is 5.97 Å². The molecule has 1 unspecified atom stereocenters. The van der Waals surface area contributed by atoms with Gasteiger partial charge in [-0.05, 0) is 45.7 Å². The molecule has 0 saturated carbocycles. The fourth-order valence-electron chi connectivity index (χ4n) is 5.24. The summed E-state index contributed by atoms with van der Waals surface area (Å²) >= 11 is 0. The van der Waals surface area contributed by atoms with E-state index in [9.17, 15) is 18.0 Å². The van der Waals surface area contributed by atoms with Crippen molar-refractivity contribution < 1.29 is 46.4 Å². The number of rotatable bonds is 5. The van der Waals surface area contributed by atoms with Gasteiger partial charge in [-0.25, -0.2) is 22.6 Å². The zero-order valence-corrected chi connectivity index (χ0v) is 21.5. The first-order valence-electron chi connectivity index (χ1n) is 12.5. The van der Waals surface area contributed by atoms with E-state index in [0.717, 1.165) is 25.0 Å². The van der Waals surface area contributed by atoms with E-state index in [4.69, 9.17) is 28.4 Å². The van der Waals surface area contributed by atoms with Crippen molar-refractivity contribution in [1.82, 2.24) is 15.0 Å². The third-order valence-electron chi connectivity index (χ3n) is 7.06. The summed E-state index contributed by atoms with van der Waals surface area (Å²) in [5.74, 6) is -7.11. The lowest BCUT2D eigenvalue weighted by Crippen LogP contribution is -2.69. The molecule has 3 fully saturated rings. The molecule has 3 saturated heterocycles. The number of hydrogen-bond donors (Lipinski definition) is 0. The first-order chi connectivity index (χ1) is 18.0. The average molecular weight is 542 g/mol. The van der Waals surface area contributed by atoms with Crippen molar-refractivity contribution in [3.05, 3.63) is 35.8 Å². The summed E-state index contributed by atoms with van der Waals surface area (Å²) in [5.41, 5.74) is 0.0871. The van der Waals surface area contributed by atoms with Crippen LogP contribution in [0.2, 0.25) is 0 Å². The number of nitrogens with zero attached hydrogens (tertiary/aromatic N) is 3. The van der Waals surface area contributed by atoms with Gasteiger partial charge in [0, 0.05) is 12.0 Å². The number of hydrogen-bond acceptors (Lipinski definition) is 9. The number of aromatic nitrogens is 3. The molecule has 0 aliphatic carbocycles. The normalized spacial score (nSPS) is 31.6. The van der Waals surface area contributed by atoms with Crippen molar-refractivity contribution in [2.24, 2.45) is 0 Å². The van der Waals surface area contributed by atoms with Crippen LogP contribution in [0.4, 0.5) is 13.2 Å². The first-order valence-corrected chi connectivity index (χ1v) is 12.5. The fourth-order valence-corrected chi connectivity index (χ4v) is 5.24. The van der Waals surface area contributed by atoms with E-state index in [1.54, 1.807) is 20.8 Å². The Morgan fingerprint density at radius 2 is 1.89 bits per heavy atom. The predicted molar refractivity (Wildman–Crippen MR) is 123 cm³/mol. The summed E-state index contributed by atoms with van der Waals surface area (Å²) in [5, 5.41) is 8.32. The summed E-state index contributed by atoms with van der Waals surface area (Å²) in [6, 6.07) is 0.915. The molecule has 3 aliphatic heterocycles. The Morgan fingerprint density at radius 3 is 2.55 bits per heavy atom. The number of carbonyl (C=O) groups is 1. The number of ether oxygens (including phenoxy) is 6. The second-order valence-corrected chi connectivity index (χ2v) is 10.1. The highest BCUT2D eigenvalue weighted by atomic mass is 19.2. The first kappa shape index (κ1) is 27.0. The third-order valence-corrected chi connectivity index (χ3v) is 7.06. The van der Waals surface area contributed by atoms with Gasteiger partial charge in [-0.15, -0.1) is 5.10 Å². The molecular weight excluding hydrogens is 511 g/mol. The molecule has 208 valence electrons. The van der Waals surface area contributed by atoms with Gasteiger partial charge in [0.05, 0.1) is 26.5 Å². The number of fused-ring (bicyclic) bond motifs is 1. The predicted octanol–water partition coefficient (Wildman–Crippen LogP) is 3.30. The van der Waals surface area contributed by atoms with Gasteiger partial charge < -0.3 is 28.4 Å². The van der Waals surface area contributed by atoms with Crippen LogP contribution in [-0.4, -0.2) is 77.3 Å². The van der Waals surface area contributed by atoms with Crippen LogP contribution in [0.1, 0.15) is 46.1 Å². The highest BCUT2D eigenvalue weighted by Crippen LogP contribution is 2.48. The monoisotopic (exact) mass is 541 g/mol. The molecule has 1 spiro atoms. The van der Waals surface area contributed by atoms with Crippen LogP contribution in [0.15, 0.2) is 18.3 Å². The van der Waals surface area contributed by atoms with Gasteiger partial charge >= 0.3 is 5.97 Å². The van der Waals surface area contributed by atoms with E-state index in [0.29, 0.717) is 13.0 Å². The Hall–Kier alpha value is -2.58.